The molecule has 2 heterocycles. The molecular formula is C15H20F2N2O2. The fourth-order valence-electron chi connectivity index (χ4n) is 3.49. The summed E-state index contributed by atoms with van der Waals surface area (Å²) in [4.78, 5) is 14.3. The van der Waals surface area contributed by atoms with E-state index in [2.05, 4.69) is 0 Å². The molecule has 1 aromatic heterocycles. The third-order valence-corrected chi connectivity index (χ3v) is 4.59. The molecule has 116 valence electrons. The van der Waals surface area contributed by atoms with E-state index < -0.39 is 6.55 Å². The number of alkyl halides is 2. The molecule has 6 heteroatoms. The van der Waals surface area contributed by atoms with Crippen molar-refractivity contribution in [3.05, 3.63) is 23.5 Å². The topological polar surface area (TPSA) is 34.5 Å². The number of carbonyl (C=O) groups excluding carboxylic acids is 1. The summed E-state index contributed by atoms with van der Waals surface area (Å²) in [5, 5.41) is 0. The molecule has 1 amide bonds. The maximum absolute atomic E-state index is 13.1. The van der Waals surface area contributed by atoms with Gasteiger partial charge in [-0.1, -0.05) is 12.8 Å². The highest BCUT2D eigenvalue weighted by Crippen LogP contribution is 2.36. The van der Waals surface area contributed by atoms with Crippen LogP contribution in [0.15, 0.2) is 12.1 Å². The zero-order chi connectivity index (χ0) is 15.0. The third-order valence-electron chi connectivity index (χ3n) is 4.59. The molecule has 1 aromatic rings. The van der Waals surface area contributed by atoms with Crippen molar-refractivity contribution in [2.24, 2.45) is 0 Å². The largest absolute Gasteiger partial charge is 0.371 e. The van der Waals surface area contributed by atoms with E-state index in [-0.39, 0.29) is 17.2 Å². The van der Waals surface area contributed by atoms with Crippen LogP contribution in [0.4, 0.5) is 8.78 Å². The van der Waals surface area contributed by atoms with Gasteiger partial charge in [0.25, 0.3) is 5.91 Å². The second-order valence-electron chi connectivity index (χ2n) is 5.97. The van der Waals surface area contributed by atoms with Crippen LogP contribution in [0.25, 0.3) is 0 Å². The van der Waals surface area contributed by atoms with Crippen LogP contribution in [0.2, 0.25) is 0 Å². The predicted octanol–water partition coefficient (Wildman–Crippen LogP) is 2.98. The molecule has 0 unspecified atom stereocenters. The minimum Gasteiger partial charge on any atom is -0.371 e. The van der Waals surface area contributed by atoms with Crippen molar-refractivity contribution in [3.63, 3.8) is 0 Å². The van der Waals surface area contributed by atoms with E-state index in [1.807, 2.05) is 0 Å². The van der Waals surface area contributed by atoms with Gasteiger partial charge < -0.3 is 9.64 Å². The van der Waals surface area contributed by atoms with Crippen molar-refractivity contribution in [3.8, 4) is 0 Å². The summed E-state index contributed by atoms with van der Waals surface area (Å²) < 4.78 is 32.9. The van der Waals surface area contributed by atoms with E-state index in [0.717, 1.165) is 30.3 Å². The number of amides is 1. The number of aryl methyl sites for hydroxylation is 1. The van der Waals surface area contributed by atoms with Gasteiger partial charge in [0.2, 0.25) is 0 Å². The second-order valence-corrected chi connectivity index (χ2v) is 5.97. The van der Waals surface area contributed by atoms with Crippen molar-refractivity contribution in [2.75, 3.05) is 19.7 Å². The summed E-state index contributed by atoms with van der Waals surface area (Å²) in [6.07, 6.45) is 4.11. The first-order valence-corrected chi connectivity index (χ1v) is 7.42. The molecule has 1 aliphatic heterocycles. The zero-order valence-corrected chi connectivity index (χ0v) is 12.1. The molecule has 2 aliphatic rings. The Bertz CT molecular complexity index is 536. The van der Waals surface area contributed by atoms with Gasteiger partial charge in [-0.15, -0.1) is 0 Å². The van der Waals surface area contributed by atoms with E-state index in [4.69, 9.17) is 4.74 Å². The molecule has 0 radical (unpaired) electrons. The highest BCUT2D eigenvalue weighted by Gasteiger charge is 2.41. The molecule has 1 saturated carbocycles. The number of ether oxygens (including phenoxy) is 1. The molecular weight excluding hydrogens is 278 g/mol. The normalized spacial score (nSPS) is 21.4. The molecule has 0 atom stereocenters. The van der Waals surface area contributed by atoms with Crippen LogP contribution in [-0.4, -0.2) is 40.7 Å². The van der Waals surface area contributed by atoms with E-state index in [1.165, 1.54) is 6.07 Å². The minimum atomic E-state index is -2.69. The van der Waals surface area contributed by atoms with Gasteiger partial charge in [0.1, 0.15) is 5.69 Å². The highest BCUT2D eigenvalue weighted by molar-refractivity contribution is 5.93. The van der Waals surface area contributed by atoms with Crippen molar-refractivity contribution in [1.82, 2.24) is 9.47 Å². The summed E-state index contributed by atoms with van der Waals surface area (Å²) >= 11 is 0. The zero-order valence-electron chi connectivity index (χ0n) is 12.1. The van der Waals surface area contributed by atoms with Crippen LogP contribution < -0.4 is 0 Å². The summed E-state index contributed by atoms with van der Waals surface area (Å²) in [6.45, 7) is 0.356. The van der Waals surface area contributed by atoms with Crippen molar-refractivity contribution in [1.29, 1.82) is 0 Å². The number of morpholine rings is 1. The van der Waals surface area contributed by atoms with Crippen LogP contribution in [0.5, 0.6) is 0 Å². The Morgan fingerprint density at radius 2 is 2.05 bits per heavy atom. The first kappa shape index (κ1) is 14.5. The SMILES string of the molecule is Cc1ccc(C(=O)N2CCOC3(CCCC3)C2)n1C(F)F. The van der Waals surface area contributed by atoms with Gasteiger partial charge in [0.15, 0.2) is 0 Å². The Morgan fingerprint density at radius 1 is 1.33 bits per heavy atom. The average Bonchev–Trinajstić information content (AvgIpc) is 3.05. The number of hydrogen-bond acceptors (Lipinski definition) is 2. The number of hydrogen-bond donors (Lipinski definition) is 0. The molecule has 4 nitrogen and oxygen atoms in total. The Hall–Kier alpha value is -1.43. The highest BCUT2D eigenvalue weighted by atomic mass is 19.3. The maximum atomic E-state index is 13.1. The van der Waals surface area contributed by atoms with E-state index in [9.17, 15) is 13.6 Å². The monoisotopic (exact) mass is 298 g/mol. The molecule has 0 N–H and O–H groups in total. The lowest BCUT2D eigenvalue weighted by Crippen LogP contribution is -2.52. The maximum Gasteiger partial charge on any atom is 0.319 e. The molecule has 1 spiro atoms. The van der Waals surface area contributed by atoms with Crippen molar-refractivity contribution >= 4 is 5.91 Å². The van der Waals surface area contributed by atoms with Crippen molar-refractivity contribution in [2.45, 2.75) is 44.8 Å². The van der Waals surface area contributed by atoms with Gasteiger partial charge in [-0.2, -0.15) is 8.78 Å². The van der Waals surface area contributed by atoms with Crippen LogP contribution in [0.1, 0.15) is 48.4 Å². The molecule has 0 aromatic carbocycles. The minimum absolute atomic E-state index is 0.0672. The average molecular weight is 298 g/mol. The van der Waals surface area contributed by atoms with E-state index in [0.29, 0.717) is 25.4 Å². The summed E-state index contributed by atoms with van der Waals surface area (Å²) in [6, 6.07) is 3.05. The lowest BCUT2D eigenvalue weighted by Gasteiger charge is -2.40. The first-order chi connectivity index (χ1) is 10.0. The standard InChI is InChI=1S/C15H20F2N2O2/c1-11-4-5-12(19(11)14(16)17)13(20)18-8-9-21-15(10-18)6-2-3-7-15/h4-5,14H,2-3,6-10H2,1H3. The van der Waals surface area contributed by atoms with E-state index in [1.54, 1.807) is 17.9 Å². The van der Waals surface area contributed by atoms with Gasteiger partial charge in [0.05, 0.1) is 18.8 Å². The molecule has 0 bridgehead atoms. The number of carbonyl (C=O) groups is 1. The fourth-order valence-corrected chi connectivity index (χ4v) is 3.49. The Morgan fingerprint density at radius 3 is 2.71 bits per heavy atom. The predicted molar refractivity (Wildman–Crippen MR) is 73.5 cm³/mol. The van der Waals surface area contributed by atoms with E-state index >= 15 is 0 Å². The van der Waals surface area contributed by atoms with Crippen LogP contribution in [0, 0.1) is 6.92 Å². The number of aromatic nitrogens is 1. The Labute approximate surface area is 122 Å². The Balaban J connectivity index is 1.82. The Kier molecular flexibility index (Phi) is 3.73. The first-order valence-electron chi connectivity index (χ1n) is 7.42. The summed E-state index contributed by atoms with van der Waals surface area (Å²) in [7, 11) is 0. The molecule has 3 rings (SSSR count). The quantitative estimate of drug-likeness (QED) is 0.841. The lowest BCUT2D eigenvalue weighted by molar-refractivity contribution is -0.0951. The van der Waals surface area contributed by atoms with Crippen LogP contribution in [-0.2, 0) is 4.74 Å². The lowest BCUT2D eigenvalue weighted by atomic mass is 9.99. The fraction of sp³-hybridized carbons (Fsp3) is 0.667. The van der Waals surface area contributed by atoms with Crippen LogP contribution in [0.3, 0.4) is 0 Å². The van der Waals surface area contributed by atoms with Gasteiger partial charge >= 0.3 is 6.55 Å². The van der Waals surface area contributed by atoms with Gasteiger partial charge in [-0.05, 0) is 31.9 Å². The van der Waals surface area contributed by atoms with Gasteiger partial charge in [-0.25, -0.2) is 0 Å². The summed E-state index contributed by atoms with van der Waals surface area (Å²) in [5.74, 6) is -0.321. The van der Waals surface area contributed by atoms with Crippen LogP contribution >= 0.6 is 0 Å². The van der Waals surface area contributed by atoms with Crippen molar-refractivity contribution < 1.29 is 18.3 Å². The van der Waals surface area contributed by atoms with Gasteiger partial charge in [-0.3, -0.25) is 9.36 Å². The number of rotatable bonds is 2. The number of halogens is 2. The molecule has 2 fully saturated rings. The molecule has 21 heavy (non-hydrogen) atoms. The smallest absolute Gasteiger partial charge is 0.319 e. The van der Waals surface area contributed by atoms with Gasteiger partial charge in [0, 0.05) is 12.2 Å². The second kappa shape index (κ2) is 5.40. The number of nitrogens with zero attached hydrogens (tertiary/aromatic N) is 2. The third kappa shape index (κ3) is 2.57. The summed E-state index contributed by atoms with van der Waals surface area (Å²) in [5.41, 5.74) is 0.223. The molecule has 1 aliphatic carbocycles. The molecule has 1 saturated heterocycles.